The van der Waals surface area contributed by atoms with E-state index in [4.69, 9.17) is 9.94 Å². The van der Waals surface area contributed by atoms with Gasteiger partial charge in [0.15, 0.2) is 14.6 Å². The molecule has 0 atom stereocenters. The maximum absolute atomic E-state index is 13.1. The first-order chi connectivity index (χ1) is 13.6. The van der Waals surface area contributed by atoms with Gasteiger partial charge in [-0.3, -0.25) is 15.0 Å². The number of rotatable bonds is 4. The van der Waals surface area contributed by atoms with E-state index in [1.807, 2.05) is 0 Å². The average molecular weight is 430 g/mol. The Morgan fingerprint density at radius 3 is 2.21 bits per heavy atom. The second-order valence-corrected chi connectivity index (χ2v) is 8.77. The molecule has 1 amide bonds. The minimum absolute atomic E-state index is 0.0419. The lowest BCUT2D eigenvalue weighted by Crippen LogP contribution is -2.54. The number of carbonyl (C=O) groups excluding carboxylic acids is 1. The number of amides is 1. The third-order valence-electron chi connectivity index (χ3n) is 4.88. The lowest BCUT2D eigenvalue weighted by Gasteiger charge is -2.34. The van der Waals surface area contributed by atoms with Crippen LogP contribution in [0, 0.1) is 0 Å². The van der Waals surface area contributed by atoms with Crippen molar-refractivity contribution in [2.75, 3.05) is 13.2 Å². The molecule has 0 bridgehead atoms. The van der Waals surface area contributed by atoms with Gasteiger partial charge in [-0.25, -0.2) is 13.9 Å². The third kappa shape index (κ3) is 3.85. The third-order valence-corrected chi connectivity index (χ3v) is 7.40. The quantitative estimate of drug-likeness (QED) is 0.571. The SMILES string of the molecule is O=C(NO)C1(S(=O)(=O)c2ccc(-c3ccc(C(F)(F)F)cn3)cc2)CCOCC1. The molecule has 0 unspecified atom stereocenters. The molecular weight excluding hydrogens is 413 g/mol. The van der Waals surface area contributed by atoms with Gasteiger partial charge in [0.2, 0.25) is 0 Å². The van der Waals surface area contributed by atoms with Crippen LogP contribution in [0.2, 0.25) is 0 Å². The minimum atomic E-state index is -4.51. The first-order valence-electron chi connectivity index (χ1n) is 8.52. The predicted octanol–water partition coefficient (Wildman–Crippen LogP) is 2.60. The summed E-state index contributed by atoms with van der Waals surface area (Å²) in [6, 6.07) is 7.37. The van der Waals surface area contributed by atoms with E-state index in [9.17, 15) is 26.4 Å². The van der Waals surface area contributed by atoms with Crippen molar-refractivity contribution in [1.29, 1.82) is 0 Å². The summed E-state index contributed by atoms with van der Waals surface area (Å²) in [4.78, 5) is 15.8. The van der Waals surface area contributed by atoms with E-state index in [-0.39, 0.29) is 36.6 Å². The van der Waals surface area contributed by atoms with Crippen molar-refractivity contribution in [3.8, 4) is 11.3 Å². The number of aromatic nitrogens is 1. The highest BCUT2D eigenvalue weighted by Gasteiger charge is 2.52. The van der Waals surface area contributed by atoms with Gasteiger partial charge in [-0.15, -0.1) is 0 Å². The fraction of sp³-hybridized carbons (Fsp3) is 0.333. The maximum atomic E-state index is 13.1. The summed E-state index contributed by atoms with van der Waals surface area (Å²) in [6.07, 6.45) is -4.05. The largest absolute Gasteiger partial charge is 0.417 e. The molecule has 11 heteroatoms. The van der Waals surface area contributed by atoms with Crippen LogP contribution in [0.3, 0.4) is 0 Å². The van der Waals surface area contributed by atoms with Crippen LogP contribution in [0.15, 0.2) is 47.5 Å². The molecule has 1 saturated heterocycles. The standard InChI is InChI=1S/C18H17F3N2O5S/c19-18(20,21)13-3-6-15(22-11-13)12-1-4-14(5-2-12)29(26,27)17(16(24)23-25)7-9-28-10-8-17/h1-6,11,25H,7-10H2,(H,23,24). The van der Waals surface area contributed by atoms with E-state index in [0.717, 1.165) is 6.07 Å². The zero-order chi connectivity index (χ0) is 21.3. The molecule has 1 aromatic carbocycles. The average Bonchev–Trinajstić information content (AvgIpc) is 2.73. The Morgan fingerprint density at radius 1 is 1.10 bits per heavy atom. The van der Waals surface area contributed by atoms with Crippen molar-refractivity contribution < 1.29 is 36.3 Å². The molecule has 156 valence electrons. The summed E-state index contributed by atoms with van der Waals surface area (Å²) in [7, 11) is -4.18. The molecule has 1 aliphatic rings. The number of pyridine rings is 1. The lowest BCUT2D eigenvalue weighted by atomic mass is 9.98. The smallest absolute Gasteiger partial charge is 0.381 e. The van der Waals surface area contributed by atoms with E-state index in [2.05, 4.69) is 4.98 Å². The Labute approximate surface area is 164 Å². The van der Waals surface area contributed by atoms with Crippen molar-refractivity contribution in [2.45, 2.75) is 28.7 Å². The number of nitrogens with one attached hydrogen (secondary N) is 1. The van der Waals surface area contributed by atoms with Crippen LogP contribution >= 0.6 is 0 Å². The fourth-order valence-corrected chi connectivity index (χ4v) is 5.12. The van der Waals surface area contributed by atoms with Crippen LogP contribution in [0.5, 0.6) is 0 Å². The number of halogens is 3. The molecule has 2 aromatic rings. The first kappa shape index (κ1) is 21.2. The Morgan fingerprint density at radius 2 is 1.72 bits per heavy atom. The van der Waals surface area contributed by atoms with E-state index in [1.165, 1.54) is 35.8 Å². The highest BCUT2D eigenvalue weighted by Crippen LogP contribution is 2.36. The van der Waals surface area contributed by atoms with Gasteiger partial charge in [-0.1, -0.05) is 12.1 Å². The van der Waals surface area contributed by atoms with Gasteiger partial charge < -0.3 is 4.74 Å². The molecule has 1 aromatic heterocycles. The second kappa shape index (κ2) is 7.73. The lowest BCUT2D eigenvalue weighted by molar-refractivity contribution is -0.138. The van der Waals surface area contributed by atoms with Crippen molar-refractivity contribution in [1.82, 2.24) is 10.5 Å². The number of nitrogens with zero attached hydrogens (tertiary/aromatic N) is 1. The Kier molecular flexibility index (Phi) is 5.65. The number of alkyl halides is 3. The molecule has 0 saturated carbocycles. The molecule has 0 radical (unpaired) electrons. The Hall–Kier alpha value is -2.50. The number of sulfone groups is 1. The van der Waals surface area contributed by atoms with Gasteiger partial charge in [0.1, 0.15) is 0 Å². The Bertz CT molecular complexity index is 984. The molecule has 7 nitrogen and oxygen atoms in total. The number of hydrogen-bond donors (Lipinski definition) is 2. The van der Waals surface area contributed by atoms with Crippen LogP contribution in [0.25, 0.3) is 11.3 Å². The maximum Gasteiger partial charge on any atom is 0.417 e. The highest BCUT2D eigenvalue weighted by molar-refractivity contribution is 7.93. The number of hydrogen-bond acceptors (Lipinski definition) is 6. The molecule has 1 aliphatic heterocycles. The van der Waals surface area contributed by atoms with Gasteiger partial charge in [0.05, 0.1) is 16.2 Å². The summed E-state index contributed by atoms with van der Waals surface area (Å²) in [5.41, 5.74) is 1.18. The van der Waals surface area contributed by atoms with Crippen LogP contribution in [-0.2, 0) is 25.5 Å². The number of hydroxylamine groups is 1. The second-order valence-electron chi connectivity index (χ2n) is 6.51. The summed E-state index contributed by atoms with van der Waals surface area (Å²) < 4.78 is 67.5. The van der Waals surface area contributed by atoms with Gasteiger partial charge in [0, 0.05) is 25.0 Å². The molecule has 3 rings (SSSR count). The Balaban J connectivity index is 1.93. The van der Waals surface area contributed by atoms with Gasteiger partial charge in [-0.05, 0) is 37.1 Å². The summed E-state index contributed by atoms with van der Waals surface area (Å²) in [5.74, 6) is -1.03. The summed E-state index contributed by atoms with van der Waals surface area (Å²) >= 11 is 0. The van der Waals surface area contributed by atoms with Crippen molar-refractivity contribution in [3.05, 3.63) is 48.2 Å². The number of benzene rings is 1. The van der Waals surface area contributed by atoms with Gasteiger partial charge in [0.25, 0.3) is 5.91 Å². The number of ether oxygens (including phenoxy) is 1. The zero-order valence-corrected chi connectivity index (χ0v) is 15.8. The van der Waals surface area contributed by atoms with E-state index < -0.39 is 32.2 Å². The van der Waals surface area contributed by atoms with Crippen molar-refractivity contribution in [2.24, 2.45) is 0 Å². The molecule has 0 aliphatic carbocycles. The minimum Gasteiger partial charge on any atom is -0.381 e. The monoisotopic (exact) mass is 430 g/mol. The van der Waals surface area contributed by atoms with Crippen LogP contribution in [0.1, 0.15) is 18.4 Å². The van der Waals surface area contributed by atoms with Gasteiger partial charge >= 0.3 is 6.18 Å². The molecule has 29 heavy (non-hydrogen) atoms. The molecular formula is C18H17F3N2O5S. The topological polar surface area (TPSA) is 106 Å². The number of carbonyl (C=O) groups is 1. The highest BCUT2D eigenvalue weighted by atomic mass is 32.2. The van der Waals surface area contributed by atoms with E-state index >= 15 is 0 Å². The van der Waals surface area contributed by atoms with Crippen LogP contribution < -0.4 is 5.48 Å². The molecule has 0 spiro atoms. The zero-order valence-electron chi connectivity index (χ0n) is 14.9. The van der Waals surface area contributed by atoms with Crippen LogP contribution in [0.4, 0.5) is 13.2 Å². The normalized spacial score (nSPS) is 17.0. The van der Waals surface area contributed by atoms with E-state index in [1.54, 1.807) is 0 Å². The van der Waals surface area contributed by atoms with Gasteiger partial charge in [-0.2, -0.15) is 13.2 Å². The first-order valence-corrected chi connectivity index (χ1v) is 10.0. The van der Waals surface area contributed by atoms with Crippen LogP contribution in [-0.4, -0.2) is 42.5 Å². The molecule has 1 fully saturated rings. The summed E-state index contributed by atoms with van der Waals surface area (Å²) in [6.45, 7) is 0.0837. The predicted molar refractivity (Wildman–Crippen MR) is 94.6 cm³/mol. The van der Waals surface area contributed by atoms with Crippen molar-refractivity contribution in [3.63, 3.8) is 0 Å². The summed E-state index contributed by atoms with van der Waals surface area (Å²) in [5, 5.41) is 9.04. The molecule has 2 heterocycles. The fourth-order valence-electron chi connectivity index (χ4n) is 3.18. The molecule has 2 N–H and O–H groups in total. The van der Waals surface area contributed by atoms with E-state index in [0.29, 0.717) is 11.8 Å². The van der Waals surface area contributed by atoms with Crippen molar-refractivity contribution >= 4 is 15.7 Å².